The number of methoxy groups -OCH3 is 4. The van der Waals surface area contributed by atoms with Gasteiger partial charge in [-0.15, -0.1) is 0 Å². The summed E-state index contributed by atoms with van der Waals surface area (Å²) in [6.07, 6.45) is 0. The Morgan fingerprint density at radius 1 is 0.395 bits per heavy atom. The molecule has 0 saturated heterocycles. The summed E-state index contributed by atoms with van der Waals surface area (Å²) in [5.41, 5.74) is 2.92. The molecule has 0 amide bonds. The molecule has 0 aliphatic rings. The van der Waals surface area contributed by atoms with Crippen molar-refractivity contribution in [2.24, 2.45) is 0 Å². The molecule has 0 bridgehead atoms. The Labute approximate surface area is 240 Å². The molecule has 4 nitrogen and oxygen atoms in total. The molecule has 0 heterocycles. The van der Waals surface area contributed by atoms with E-state index in [0.717, 1.165) is 32.7 Å². The third-order valence-electron chi connectivity index (χ3n) is 6.55. The Morgan fingerprint density at radius 3 is 0.842 bits per heavy atom. The number of halogens is 4. The molecule has 0 aromatic heterocycles. The Morgan fingerprint density at radius 2 is 0.632 bits per heavy atom. The van der Waals surface area contributed by atoms with Crippen molar-refractivity contribution in [1.29, 1.82) is 0 Å². The monoisotopic (exact) mass is 586 g/mol. The smallest absolute Gasteiger partial charge is 0.161 e. The van der Waals surface area contributed by atoms with E-state index in [1.165, 1.54) is 0 Å². The molecule has 5 aromatic rings. The van der Waals surface area contributed by atoms with Crippen LogP contribution in [-0.2, 0) is 0 Å². The van der Waals surface area contributed by atoms with Crippen molar-refractivity contribution in [3.63, 3.8) is 0 Å². The van der Waals surface area contributed by atoms with Gasteiger partial charge in [0.25, 0.3) is 0 Å². The number of benzene rings is 5. The summed E-state index contributed by atoms with van der Waals surface area (Å²) in [5.74, 6) is 2.17. The van der Waals surface area contributed by atoms with Gasteiger partial charge < -0.3 is 18.9 Å². The first-order chi connectivity index (χ1) is 18.3. The maximum Gasteiger partial charge on any atom is 0.161 e. The fraction of sp³-hybridized carbons (Fsp3) is 0.133. The third-order valence-corrected chi connectivity index (χ3v) is 7.81. The molecule has 38 heavy (non-hydrogen) atoms. The van der Waals surface area contributed by atoms with E-state index in [1.54, 1.807) is 52.7 Å². The topological polar surface area (TPSA) is 36.9 Å². The summed E-state index contributed by atoms with van der Waals surface area (Å²) in [6, 6.07) is 18.5. The Bertz CT molecular complexity index is 1480. The minimum atomic E-state index is 0.494. The molecular weight excluding hydrogens is 566 g/mol. The van der Waals surface area contributed by atoms with E-state index < -0.39 is 0 Å². The summed E-state index contributed by atoms with van der Waals surface area (Å²) in [6.45, 7) is 0. The molecule has 0 fully saturated rings. The fourth-order valence-corrected chi connectivity index (χ4v) is 6.06. The van der Waals surface area contributed by atoms with Gasteiger partial charge in [0.15, 0.2) is 23.0 Å². The summed E-state index contributed by atoms with van der Waals surface area (Å²) < 4.78 is 22.8. The van der Waals surface area contributed by atoms with Gasteiger partial charge in [-0.3, -0.25) is 0 Å². The molecule has 8 heteroatoms. The van der Waals surface area contributed by atoms with Crippen LogP contribution >= 0.6 is 46.4 Å². The molecule has 5 rings (SSSR count). The van der Waals surface area contributed by atoms with E-state index in [9.17, 15) is 0 Å². The highest BCUT2D eigenvalue weighted by molar-refractivity contribution is 6.43. The normalized spacial score (nSPS) is 11.2. The Hall–Kier alpha value is -3.02. The number of fused-ring (bicyclic) bond motifs is 2. The van der Waals surface area contributed by atoms with Gasteiger partial charge in [0.05, 0.1) is 28.4 Å². The van der Waals surface area contributed by atoms with Gasteiger partial charge in [-0.25, -0.2) is 0 Å². The molecule has 0 spiro atoms. The molecule has 0 N–H and O–H groups in total. The van der Waals surface area contributed by atoms with E-state index in [1.807, 2.05) is 36.4 Å². The number of hydrogen-bond donors (Lipinski definition) is 0. The quantitative estimate of drug-likeness (QED) is 0.185. The van der Waals surface area contributed by atoms with Gasteiger partial charge >= 0.3 is 0 Å². The maximum absolute atomic E-state index is 6.80. The van der Waals surface area contributed by atoms with Gasteiger partial charge in [0.2, 0.25) is 0 Å². The molecule has 5 aromatic carbocycles. The van der Waals surface area contributed by atoms with Crippen LogP contribution in [0.2, 0.25) is 20.1 Å². The van der Waals surface area contributed by atoms with Crippen LogP contribution in [0.3, 0.4) is 0 Å². The largest absolute Gasteiger partial charge is 0.493 e. The summed E-state index contributed by atoms with van der Waals surface area (Å²) in [7, 11) is 6.36. The summed E-state index contributed by atoms with van der Waals surface area (Å²) in [4.78, 5) is 0. The third kappa shape index (κ3) is 4.26. The second-order valence-corrected chi connectivity index (χ2v) is 10.1. The van der Waals surface area contributed by atoms with Crippen LogP contribution in [0.5, 0.6) is 23.0 Å². The second kappa shape index (κ2) is 10.6. The van der Waals surface area contributed by atoms with Crippen LogP contribution in [0, 0.1) is 0 Å². The molecule has 194 valence electrons. The van der Waals surface area contributed by atoms with Crippen molar-refractivity contribution < 1.29 is 18.9 Å². The Kier molecular flexibility index (Phi) is 7.43. The van der Waals surface area contributed by atoms with Gasteiger partial charge in [0.1, 0.15) is 0 Å². The number of ether oxygens (including phenoxy) is 4. The molecular formula is C30H22Cl4O4. The lowest BCUT2D eigenvalue weighted by Gasteiger charge is -2.22. The molecule has 0 aliphatic carbocycles. The minimum Gasteiger partial charge on any atom is -0.493 e. The van der Waals surface area contributed by atoms with Crippen molar-refractivity contribution in [2.45, 2.75) is 0 Å². The average Bonchev–Trinajstić information content (AvgIpc) is 2.91. The first kappa shape index (κ1) is 26.6. The first-order valence-electron chi connectivity index (χ1n) is 11.5. The van der Waals surface area contributed by atoms with Gasteiger partial charge in [-0.2, -0.15) is 0 Å². The summed E-state index contributed by atoms with van der Waals surface area (Å²) in [5, 5.41) is 5.21. The van der Waals surface area contributed by atoms with Gasteiger partial charge in [-0.1, -0.05) is 58.5 Å². The number of hydrogen-bond acceptors (Lipinski definition) is 4. The van der Waals surface area contributed by atoms with E-state index in [-0.39, 0.29) is 0 Å². The number of rotatable bonds is 6. The highest BCUT2D eigenvalue weighted by Crippen LogP contribution is 2.53. The van der Waals surface area contributed by atoms with Crippen molar-refractivity contribution >= 4 is 67.9 Å². The van der Waals surface area contributed by atoms with E-state index in [4.69, 9.17) is 65.4 Å². The van der Waals surface area contributed by atoms with Crippen LogP contribution in [0.1, 0.15) is 0 Å². The van der Waals surface area contributed by atoms with E-state index >= 15 is 0 Å². The van der Waals surface area contributed by atoms with Crippen LogP contribution in [0.15, 0.2) is 60.7 Å². The lowest BCUT2D eigenvalue weighted by atomic mass is 9.85. The van der Waals surface area contributed by atoms with Crippen LogP contribution in [-0.4, -0.2) is 28.4 Å². The standard InChI is InChI=1S/C30H22Cl4O4/c1-35-23-11-15-16(12-24(23)36-2)28(30-21(33)9-6-10-22(30)34)18-14-26(38-4)25(37-3)13-17(18)27(15)29-19(31)7-5-8-20(29)32/h5-14H,1-4H3. The first-order valence-corrected chi connectivity index (χ1v) is 13.0. The lowest BCUT2D eigenvalue weighted by molar-refractivity contribution is 0.355. The average molecular weight is 588 g/mol. The highest BCUT2D eigenvalue weighted by atomic mass is 35.5. The van der Waals surface area contributed by atoms with Crippen molar-refractivity contribution in [1.82, 2.24) is 0 Å². The predicted octanol–water partition coefficient (Wildman–Crippen LogP) is 9.97. The van der Waals surface area contributed by atoms with Gasteiger partial charge in [0, 0.05) is 42.3 Å². The zero-order valence-electron chi connectivity index (χ0n) is 20.9. The predicted molar refractivity (Wildman–Crippen MR) is 159 cm³/mol. The Balaban J connectivity index is 2.16. The fourth-order valence-electron chi connectivity index (χ4n) is 4.89. The lowest BCUT2D eigenvalue weighted by Crippen LogP contribution is -1.98. The van der Waals surface area contributed by atoms with Crippen LogP contribution in [0.4, 0.5) is 0 Å². The van der Waals surface area contributed by atoms with Gasteiger partial charge in [-0.05, 0) is 70.1 Å². The second-order valence-electron chi connectivity index (χ2n) is 8.45. The highest BCUT2D eigenvalue weighted by Gasteiger charge is 2.25. The van der Waals surface area contributed by atoms with Crippen LogP contribution in [0.25, 0.3) is 43.8 Å². The van der Waals surface area contributed by atoms with Crippen LogP contribution < -0.4 is 18.9 Å². The molecule has 0 unspecified atom stereocenters. The zero-order chi connectivity index (χ0) is 27.1. The van der Waals surface area contributed by atoms with E-state index in [2.05, 4.69) is 0 Å². The zero-order valence-corrected chi connectivity index (χ0v) is 23.9. The van der Waals surface area contributed by atoms with E-state index in [0.29, 0.717) is 54.2 Å². The molecule has 0 radical (unpaired) electrons. The molecule has 0 atom stereocenters. The molecule has 0 aliphatic heterocycles. The molecule has 0 saturated carbocycles. The maximum atomic E-state index is 6.80. The van der Waals surface area contributed by atoms with Crippen molar-refractivity contribution in [3.8, 4) is 45.3 Å². The summed E-state index contributed by atoms with van der Waals surface area (Å²) >= 11 is 27.2. The minimum absolute atomic E-state index is 0.494. The van der Waals surface area contributed by atoms with Crippen molar-refractivity contribution in [2.75, 3.05) is 28.4 Å². The SMILES string of the molecule is COc1cc2c(-c3c(Cl)cccc3Cl)c3cc(OC)c(OC)cc3c(-c3c(Cl)cccc3Cl)c2cc1OC. The van der Waals surface area contributed by atoms with Crippen molar-refractivity contribution in [3.05, 3.63) is 80.8 Å².